The molecule has 1 atom stereocenters. The molecule has 0 saturated carbocycles. The first-order valence-corrected chi connectivity index (χ1v) is 12.4. The van der Waals surface area contributed by atoms with Gasteiger partial charge in [-0.25, -0.2) is 4.79 Å². The summed E-state index contributed by atoms with van der Waals surface area (Å²) < 4.78 is 24.5. The van der Waals surface area contributed by atoms with E-state index in [4.69, 9.17) is 42.1 Å². The predicted octanol–water partition coefficient (Wildman–Crippen LogP) is 5.80. The Labute approximate surface area is 219 Å². The van der Waals surface area contributed by atoms with E-state index in [9.17, 15) is 9.59 Å². The van der Waals surface area contributed by atoms with Gasteiger partial charge in [0.05, 0.1) is 6.10 Å². The molecule has 0 amide bonds. The quantitative estimate of drug-likeness (QED) is 0.187. The number of hydrogen-bond acceptors (Lipinski definition) is 6. The van der Waals surface area contributed by atoms with E-state index >= 15 is 0 Å². The monoisotopic (exact) mass is 531 g/mol. The van der Waals surface area contributed by atoms with Crippen molar-refractivity contribution in [3.8, 4) is 11.5 Å². The van der Waals surface area contributed by atoms with Crippen molar-refractivity contribution in [2.45, 2.75) is 45.6 Å². The lowest BCUT2D eigenvalue weighted by atomic mass is 10.1. The fraction of sp³-hybridized carbons (Fsp3) is 0.333. The van der Waals surface area contributed by atoms with E-state index in [1.54, 1.807) is 48.5 Å². The highest BCUT2D eigenvalue weighted by Gasteiger charge is 2.27. The van der Waals surface area contributed by atoms with Crippen molar-refractivity contribution in [3.05, 3.63) is 81.6 Å². The molecular weight excluding hydrogens is 505 g/mol. The zero-order chi connectivity index (χ0) is 25.7. The average Bonchev–Trinajstić information content (AvgIpc) is 3.48. The van der Waals surface area contributed by atoms with Crippen LogP contribution in [0.25, 0.3) is 0 Å². The van der Waals surface area contributed by atoms with Crippen LogP contribution in [0.3, 0.4) is 0 Å². The van der Waals surface area contributed by atoms with Gasteiger partial charge in [-0.05, 0) is 81.3 Å². The van der Waals surface area contributed by atoms with E-state index in [-0.39, 0.29) is 11.9 Å². The second-order valence-corrected chi connectivity index (χ2v) is 9.41. The minimum Gasteiger partial charge on any atom is -0.452 e. The number of esters is 1. The Morgan fingerprint density at radius 3 is 2.11 bits per heavy atom. The molecule has 1 aromatic heterocycles. The number of halogens is 2. The zero-order valence-electron chi connectivity index (χ0n) is 20.0. The van der Waals surface area contributed by atoms with Crippen molar-refractivity contribution in [1.82, 2.24) is 4.57 Å². The third-order valence-electron chi connectivity index (χ3n) is 5.94. The van der Waals surface area contributed by atoms with Gasteiger partial charge in [-0.1, -0.05) is 23.2 Å². The van der Waals surface area contributed by atoms with Gasteiger partial charge in [-0.3, -0.25) is 4.79 Å². The van der Waals surface area contributed by atoms with Gasteiger partial charge in [0.15, 0.2) is 6.61 Å². The number of hydrogen-bond donors (Lipinski definition) is 0. The Hall–Kier alpha value is -3.00. The maximum Gasteiger partial charge on any atom is 0.389 e. The fourth-order valence-electron chi connectivity index (χ4n) is 4.03. The molecule has 0 aliphatic carbocycles. The molecule has 3 aromatic rings. The van der Waals surface area contributed by atoms with Crippen LogP contribution >= 0.6 is 23.2 Å². The Balaban J connectivity index is 1.43. The highest BCUT2D eigenvalue weighted by molar-refractivity contribution is 6.30. The van der Waals surface area contributed by atoms with Gasteiger partial charge >= 0.3 is 12.3 Å². The minimum absolute atomic E-state index is 0.145. The molecule has 0 N–H and O–H groups in total. The smallest absolute Gasteiger partial charge is 0.389 e. The summed E-state index contributed by atoms with van der Waals surface area (Å²) >= 11 is 11.9. The van der Waals surface area contributed by atoms with Crippen molar-refractivity contribution in [1.29, 1.82) is 0 Å². The van der Waals surface area contributed by atoms with Gasteiger partial charge < -0.3 is 23.5 Å². The lowest BCUT2D eigenvalue weighted by Crippen LogP contribution is -2.36. The summed E-state index contributed by atoms with van der Waals surface area (Å²) in [6.07, 6.45) is 0.738. The third-order valence-corrected chi connectivity index (χ3v) is 6.44. The van der Waals surface area contributed by atoms with E-state index in [1.807, 2.05) is 19.9 Å². The van der Waals surface area contributed by atoms with E-state index in [1.165, 1.54) is 0 Å². The second-order valence-electron chi connectivity index (χ2n) is 8.54. The van der Waals surface area contributed by atoms with Crippen LogP contribution in [-0.4, -0.2) is 41.9 Å². The van der Waals surface area contributed by atoms with Crippen LogP contribution in [0.1, 0.15) is 34.6 Å². The zero-order valence-corrected chi connectivity index (χ0v) is 21.6. The number of ketones is 1. The van der Waals surface area contributed by atoms with Gasteiger partial charge in [-0.2, -0.15) is 0 Å². The van der Waals surface area contributed by atoms with Crippen LogP contribution in [0.4, 0.5) is 0 Å². The molecule has 0 radical (unpaired) electrons. The maximum atomic E-state index is 13.0. The van der Waals surface area contributed by atoms with Crippen LogP contribution in [0.15, 0.2) is 54.6 Å². The number of ether oxygens (including phenoxy) is 4. The SMILES string of the molecule is Cc1cc(C(=O)COC(=O)C(Oc2ccc(Cl)cc2)Oc2ccc(Cl)cc2)c(C)n1C[C@H]1CCCO1. The van der Waals surface area contributed by atoms with Crippen LogP contribution in [-0.2, 0) is 20.8 Å². The van der Waals surface area contributed by atoms with Gasteiger partial charge in [0.25, 0.3) is 0 Å². The number of carbonyl (C=O) groups excluding carboxylic acids is 2. The molecule has 0 spiro atoms. The van der Waals surface area contributed by atoms with Crippen molar-refractivity contribution < 1.29 is 28.5 Å². The lowest BCUT2D eigenvalue weighted by Gasteiger charge is -2.19. The van der Waals surface area contributed by atoms with Gasteiger partial charge in [-0.15, -0.1) is 0 Å². The fourth-order valence-corrected chi connectivity index (χ4v) is 4.28. The predicted molar refractivity (Wildman–Crippen MR) is 136 cm³/mol. The Morgan fingerprint density at radius 1 is 1.00 bits per heavy atom. The standard InChI is InChI=1S/C27H27Cl2NO6/c1-17-14-24(18(2)30(17)15-23-4-3-13-33-23)25(31)16-34-26(32)27(35-21-9-5-19(28)6-10-21)36-22-11-7-20(29)8-12-22/h5-12,14,23,27H,3-4,13,15-16H2,1-2H3/t23-/m1/s1. The molecule has 2 aromatic carbocycles. The summed E-state index contributed by atoms with van der Waals surface area (Å²) in [6.45, 7) is 4.83. The number of Topliss-reactive ketones (excluding diaryl/α,β-unsaturated/α-hetero) is 1. The van der Waals surface area contributed by atoms with Gasteiger partial charge in [0.1, 0.15) is 11.5 Å². The third kappa shape index (κ3) is 6.60. The number of aryl methyl sites for hydroxylation is 1. The number of benzene rings is 2. The van der Waals surface area contributed by atoms with Gasteiger partial charge in [0, 0.05) is 40.1 Å². The summed E-state index contributed by atoms with van der Waals surface area (Å²) in [7, 11) is 0. The largest absolute Gasteiger partial charge is 0.452 e. The van der Waals surface area contributed by atoms with Crippen molar-refractivity contribution in [3.63, 3.8) is 0 Å². The molecule has 4 rings (SSSR count). The molecular formula is C27H27Cl2NO6. The molecule has 1 saturated heterocycles. The summed E-state index contributed by atoms with van der Waals surface area (Å²) in [6, 6.07) is 14.7. The van der Waals surface area contributed by atoms with Crippen LogP contribution in [0, 0.1) is 13.8 Å². The molecule has 190 valence electrons. The molecule has 1 aliphatic heterocycles. The van der Waals surface area contributed by atoms with Crippen molar-refractivity contribution >= 4 is 35.0 Å². The van der Waals surface area contributed by atoms with E-state index in [0.717, 1.165) is 30.8 Å². The Bertz CT molecular complexity index is 1150. The number of nitrogens with zero attached hydrogens (tertiary/aromatic N) is 1. The van der Waals surface area contributed by atoms with E-state index < -0.39 is 18.9 Å². The molecule has 0 bridgehead atoms. The summed E-state index contributed by atoms with van der Waals surface area (Å²) in [4.78, 5) is 25.9. The molecule has 36 heavy (non-hydrogen) atoms. The maximum absolute atomic E-state index is 13.0. The molecule has 1 aliphatic rings. The molecule has 0 unspecified atom stereocenters. The topological polar surface area (TPSA) is 76.0 Å². The molecule has 1 fully saturated rings. The molecule has 2 heterocycles. The van der Waals surface area contributed by atoms with E-state index in [2.05, 4.69) is 4.57 Å². The lowest BCUT2D eigenvalue weighted by molar-refractivity contribution is -0.164. The van der Waals surface area contributed by atoms with Gasteiger partial charge in [0.2, 0.25) is 5.78 Å². The highest BCUT2D eigenvalue weighted by Crippen LogP contribution is 2.23. The summed E-state index contributed by atoms with van der Waals surface area (Å²) in [5, 5.41) is 1.03. The van der Waals surface area contributed by atoms with Crippen LogP contribution in [0.5, 0.6) is 11.5 Å². The van der Waals surface area contributed by atoms with Crippen molar-refractivity contribution in [2.24, 2.45) is 0 Å². The Kier molecular flexibility index (Phi) is 8.56. The normalized spacial score (nSPS) is 15.2. The second kappa shape index (κ2) is 11.8. The minimum atomic E-state index is -1.45. The first-order chi connectivity index (χ1) is 17.3. The summed E-state index contributed by atoms with van der Waals surface area (Å²) in [5.74, 6) is -0.466. The first kappa shape index (κ1) is 26.1. The Morgan fingerprint density at radius 2 is 1.58 bits per heavy atom. The van der Waals surface area contributed by atoms with E-state index in [0.29, 0.717) is 33.7 Å². The number of aromatic nitrogens is 1. The number of rotatable bonds is 10. The van der Waals surface area contributed by atoms with Crippen LogP contribution < -0.4 is 9.47 Å². The summed E-state index contributed by atoms with van der Waals surface area (Å²) in [5.41, 5.74) is 2.27. The molecule has 9 heteroatoms. The highest BCUT2D eigenvalue weighted by atomic mass is 35.5. The average molecular weight is 532 g/mol. The first-order valence-electron chi connectivity index (χ1n) is 11.6. The van der Waals surface area contributed by atoms with Crippen LogP contribution in [0.2, 0.25) is 10.0 Å². The van der Waals surface area contributed by atoms with Crippen molar-refractivity contribution in [2.75, 3.05) is 13.2 Å². The molecule has 7 nitrogen and oxygen atoms in total. The number of carbonyl (C=O) groups is 2.